The summed E-state index contributed by atoms with van der Waals surface area (Å²) < 4.78 is 13.1. The van der Waals surface area contributed by atoms with E-state index in [2.05, 4.69) is 26.1 Å². The third-order valence-electron chi connectivity index (χ3n) is 2.42. The first-order valence-corrected chi connectivity index (χ1v) is 6.47. The summed E-state index contributed by atoms with van der Waals surface area (Å²) in [6.45, 7) is 3.72. The maximum Gasteiger partial charge on any atom is 0.320 e. The molecule has 0 saturated carbocycles. The normalized spacial score (nSPS) is 10.3. The van der Waals surface area contributed by atoms with E-state index in [4.69, 9.17) is 0 Å². The maximum absolute atomic E-state index is 13.1. The first kappa shape index (κ1) is 14.7. The molecule has 2 rings (SSSR count). The lowest BCUT2D eigenvalue weighted by molar-refractivity contribution is 0.250. The van der Waals surface area contributed by atoms with E-state index in [-0.39, 0.29) is 17.9 Å². The highest BCUT2D eigenvalue weighted by Gasteiger charge is 2.05. The lowest BCUT2D eigenvalue weighted by atomic mass is 10.3. The number of amides is 2. The number of nitrogens with one attached hydrogen (secondary N) is 3. The van der Waals surface area contributed by atoms with Gasteiger partial charge >= 0.3 is 6.03 Å². The molecule has 0 aliphatic heterocycles. The average Bonchev–Trinajstić information content (AvgIpc) is 2.40. The van der Waals surface area contributed by atoms with Gasteiger partial charge in [-0.05, 0) is 44.2 Å². The third kappa shape index (κ3) is 4.72. The Balaban J connectivity index is 1.97. The first-order valence-electron chi connectivity index (χ1n) is 6.47. The lowest BCUT2D eigenvalue weighted by Gasteiger charge is -2.09. The minimum Gasteiger partial charge on any atom is -0.339 e. The lowest BCUT2D eigenvalue weighted by Crippen LogP contribution is -2.34. The summed E-state index contributed by atoms with van der Waals surface area (Å²) in [7, 11) is 0. The molecule has 0 saturated heterocycles. The molecule has 0 unspecified atom stereocenters. The van der Waals surface area contributed by atoms with Gasteiger partial charge in [-0.15, -0.1) is 10.2 Å². The minimum atomic E-state index is -0.342. The molecule has 1 aromatic carbocycles. The van der Waals surface area contributed by atoms with Crippen LogP contribution >= 0.6 is 0 Å². The molecule has 7 heteroatoms. The molecule has 1 aromatic heterocycles. The first-order chi connectivity index (χ1) is 10.0. The van der Waals surface area contributed by atoms with Crippen LogP contribution in [0, 0.1) is 5.82 Å². The highest BCUT2D eigenvalue weighted by molar-refractivity contribution is 5.88. The molecule has 110 valence electrons. The molecule has 0 bridgehead atoms. The Morgan fingerprint density at radius 1 is 1.14 bits per heavy atom. The fraction of sp³-hybridized carbons (Fsp3) is 0.214. The number of nitrogens with zero attached hydrogens (tertiary/aromatic N) is 2. The summed E-state index contributed by atoms with van der Waals surface area (Å²) in [6, 6.07) is 8.96. The number of carbonyl (C=O) groups is 1. The second-order valence-corrected chi connectivity index (χ2v) is 4.69. The number of hydrogen-bond acceptors (Lipinski definition) is 4. The van der Waals surface area contributed by atoms with Crippen molar-refractivity contribution >= 4 is 23.4 Å². The van der Waals surface area contributed by atoms with Gasteiger partial charge in [-0.1, -0.05) is 6.07 Å². The quantitative estimate of drug-likeness (QED) is 0.808. The van der Waals surface area contributed by atoms with Crippen molar-refractivity contribution in [3.63, 3.8) is 0 Å². The number of carbonyl (C=O) groups excluding carboxylic acids is 1. The molecule has 0 atom stereocenters. The van der Waals surface area contributed by atoms with Crippen LogP contribution in [0.3, 0.4) is 0 Å². The molecule has 6 nitrogen and oxygen atoms in total. The fourth-order valence-electron chi connectivity index (χ4n) is 1.59. The summed E-state index contributed by atoms with van der Waals surface area (Å²) >= 11 is 0. The molecule has 1 heterocycles. The van der Waals surface area contributed by atoms with Crippen LogP contribution in [0.1, 0.15) is 13.8 Å². The zero-order valence-corrected chi connectivity index (χ0v) is 11.7. The van der Waals surface area contributed by atoms with Gasteiger partial charge in [-0.2, -0.15) is 0 Å². The molecule has 0 radical (unpaired) electrons. The zero-order chi connectivity index (χ0) is 15.2. The standard InChI is InChI=1S/C14H16FN5O/c1-9(2)16-14(21)18-13-7-6-12(19-20-13)17-11-5-3-4-10(15)8-11/h3-9H,1-2H3,(H,17,19)(H2,16,18,20,21). The Kier molecular flexibility index (Phi) is 4.65. The number of benzene rings is 1. The van der Waals surface area contributed by atoms with Crippen LogP contribution in [0.15, 0.2) is 36.4 Å². The topological polar surface area (TPSA) is 78.9 Å². The second kappa shape index (κ2) is 6.65. The van der Waals surface area contributed by atoms with E-state index >= 15 is 0 Å². The summed E-state index contributed by atoms with van der Waals surface area (Å²) in [5, 5.41) is 15.9. The van der Waals surface area contributed by atoms with Gasteiger partial charge in [0.15, 0.2) is 11.6 Å². The van der Waals surface area contributed by atoms with Crippen molar-refractivity contribution in [1.82, 2.24) is 15.5 Å². The van der Waals surface area contributed by atoms with Crippen molar-refractivity contribution < 1.29 is 9.18 Å². The van der Waals surface area contributed by atoms with Gasteiger partial charge in [0.05, 0.1) is 0 Å². The summed E-state index contributed by atoms with van der Waals surface area (Å²) in [4.78, 5) is 11.5. The van der Waals surface area contributed by atoms with E-state index in [0.717, 1.165) is 0 Å². The number of hydrogen-bond donors (Lipinski definition) is 3. The largest absolute Gasteiger partial charge is 0.339 e. The van der Waals surface area contributed by atoms with Gasteiger partial charge in [-0.3, -0.25) is 5.32 Å². The van der Waals surface area contributed by atoms with Crippen LogP contribution in [0.2, 0.25) is 0 Å². The summed E-state index contributed by atoms with van der Waals surface area (Å²) in [5.41, 5.74) is 0.572. The Bertz CT molecular complexity index is 615. The van der Waals surface area contributed by atoms with E-state index in [1.807, 2.05) is 13.8 Å². The third-order valence-corrected chi connectivity index (χ3v) is 2.42. The van der Waals surface area contributed by atoms with Gasteiger partial charge in [0.25, 0.3) is 0 Å². The van der Waals surface area contributed by atoms with Crippen LogP contribution < -0.4 is 16.0 Å². The molecule has 0 aliphatic rings. The molecule has 3 N–H and O–H groups in total. The van der Waals surface area contributed by atoms with E-state index in [0.29, 0.717) is 17.3 Å². The van der Waals surface area contributed by atoms with E-state index in [1.54, 1.807) is 24.3 Å². The smallest absolute Gasteiger partial charge is 0.320 e. The summed E-state index contributed by atoms with van der Waals surface area (Å²) in [6.07, 6.45) is 0. The van der Waals surface area contributed by atoms with Crippen LogP contribution in [0.25, 0.3) is 0 Å². The molecule has 0 spiro atoms. The monoisotopic (exact) mass is 289 g/mol. The van der Waals surface area contributed by atoms with E-state index < -0.39 is 0 Å². The second-order valence-electron chi connectivity index (χ2n) is 4.69. The van der Waals surface area contributed by atoms with Crippen LogP contribution in [0.4, 0.5) is 26.5 Å². The van der Waals surface area contributed by atoms with Crippen LogP contribution in [-0.4, -0.2) is 22.3 Å². The number of anilines is 3. The van der Waals surface area contributed by atoms with Crippen molar-refractivity contribution in [2.75, 3.05) is 10.6 Å². The SMILES string of the molecule is CC(C)NC(=O)Nc1ccc(Nc2cccc(F)c2)nn1. The van der Waals surface area contributed by atoms with E-state index in [9.17, 15) is 9.18 Å². The number of rotatable bonds is 4. The van der Waals surface area contributed by atoms with Crippen molar-refractivity contribution in [2.24, 2.45) is 0 Å². The van der Waals surface area contributed by atoms with Crippen LogP contribution in [-0.2, 0) is 0 Å². The molecule has 2 amide bonds. The Morgan fingerprint density at radius 3 is 2.48 bits per heavy atom. The Morgan fingerprint density at radius 2 is 1.86 bits per heavy atom. The van der Waals surface area contributed by atoms with Gasteiger partial charge in [0, 0.05) is 11.7 Å². The molecular formula is C14H16FN5O. The Hall–Kier alpha value is -2.70. The van der Waals surface area contributed by atoms with Gasteiger partial charge in [0.2, 0.25) is 0 Å². The molecule has 0 fully saturated rings. The van der Waals surface area contributed by atoms with Gasteiger partial charge < -0.3 is 10.6 Å². The average molecular weight is 289 g/mol. The molecule has 2 aromatic rings. The predicted octanol–water partition coefficient (Wildman–Crippen LogP) is 2.89. The number of halogens is 1. The van der Waals surface area contributed by atoms with Crippen molar-refractivity contribution in [3.8, 4) is 0 Å². The summed E-state index contributed by atoms with van der Waals surface area (Å²) in [5.74, 6) is 0.449. The van der Waals surface area contributed by atoms with Crippen molar-refractivity contribution in [2.45, 2.75) is 19.9 Å². The van der Waals surface area contributed by atoms with Gasteiger partial charge in [-0.25, -0.2) is 9.18 Å². The maximum atomic E-state index is 13.1. The van der Waals surface area contributed by atoms with Crippen molar-refractivity contribution in [3.05, 3.63) is 42.2 Å². The predicted molar refractivity (Wildman–Crippen MR) is 79.0 cm³/mol. The number of aromatic nitrogens is 2. The molecule has 0 aliphatic carbocycles. The molecule has 21 heavy (non-hydrogen) atoms. The molecular weight excluding hydrogens is 273 g/mol. The van der Waals surface area contributed by atoms with Gasteiger partial charge in [0.1, 0.15) is 5.82 Å². The van der Waals surface area contributed by atoms with Crippen molar-refractivity contribution in [1.29, 1.82) is 0 Å². The fourth-order valence-corrected chi connectivity index (χ4v) is 1.59. The number of urea groups is 1. The minimum absolute atomic E-state index is 0.0341. The van der Waals surface area contributed by atoms with Crippen LogP contribution in [0.5, 0.6) is 0 Å². The zero-order valence-electron chi connectivity index (χ0n) is 11.7. The Labute approximate surface area is 121 Å². The highest BCUT2D eigenvalue weighted by atomic mass is 19.1. The highest BCUT2D eigenvalue weighted by Crippen LogP contribution is 2.15. The van der Waals surface area contributed by atoms with E-state index in [1.165, 1.54) is 12.1 Å².